The Morgan fingerprint density at radius 2 is 1.73 bits per heavy atom. The molecule has 0 radical (unpaired) electrons. The van der Waals surface area contributed by atoms with Gasteiger partial charge >= 0.3 is 0 Å². The van der Waals surface area contributed by atoms with Crippen molar-refractivity contribution in [2.24, 2.45) is 0 Å². The largest absolute Gasteiger partial charge is 0.496 e. The van der Waals surface area contributed by atoms with Crippen LogP contribution in [0.3, 0.4) is 0 Å². The van der Waals surface area contributed by atoms with Gasteiger partial charge in [-0.25, -0.2) is 0 Å². The Hall–Kier alpha value is -1.83. The van der Waals surface area contributed by atoms with Crippen LogP contribution in [-0.4, -0.2) is 12.9 Å². The highest BCUT2D eigenvalue weighted by Gasteiger charge is 2.08. The third kappa shape index (κ3) is 1.71. The minimum atomic E-state index is 0.0256. The molecule has 2 aromatic rings. The Labute approximate surface area is 88.5 Å². The van der Waals surface area contributed by atoms with Crippen LogP contribution in [0.4, 0.5) is 0 Å². The number of hydrogen-bond donors (Lipinski definition) is 0. The molecule has 0 heterocycles. The first kappa shape index (κ1) is 9.71. The highest BCUT2D eigenvalue weighted by molar-refractivity contribution is 6.01. The van der Waals surface area contributed by atoms with Crippen molar-refractivity contribution in [2.45, 2.75) is 6.92 Å². The number of fused-ring (bicyclic) bond motifs is 1. The smallest absolute Gasteiger partial charge is 0.163 e. The second-order valence-corrected chi connectivity index (χ2v) is 3.46. The van der Waals surface area contributed by atoms with E-state index in [0.717, 1.165) is 10.8 Å². The van der Waals surface area contributed by atoms with Gasteiger partial charge in [-0.2, -0.15) is 0 Å². The van der Waals surface area contributed by atoms with Gasteiger partial charge in [0.15, 0.2) is 5.78 Å². The number of benzene rings is 2. The van der Waals surface area contributed by atoms with Crippen LogP contribution in [-0.2, 0) is 0 Å². The molecule has 0 atom stereocenters. The SMILES string of the molecule is COc1cc2ccccc2cc1C(C)=O. The fraction of sp³-hybridized carbons (Fsp3) is 0.154. The Balaban J connectivity index is 2.74. The topological polar surface area (TPSA) is 26.3 Å². The summed E-state index contributed by atoms with van der Waals surface area (Å²) in [6.45, 7) is 1.55. The maximum absolute atomic E-state index is 11.4. The summed E-state index contributed by atoms with van der Waals surface area (Å²) in [6, 6.07) is 11.7. The summed E-state index contributed by atoms with van der Waals surface area (Å²) in [6.07, 6.45) is 0. The molecule has 0 aliphatic rings. The number of carbonyl (C=O) groups excluding carboxylic acids is 1. The van der Waals surface area contributed by atoms with Crippen molar-refractivity contribution >= 4 is 16.6 Å². The number of hydrogen-bond acceptors (Lipinski definition) is 2. The molecule has 0 amide bonds. The van der Waals surface area contributed by atoms with E-state index < -0.39 is 0 Å². The number of ketones is 1. The maximum Gasteiger partial charge on any atom is 0.163 e. The molecule has 0 saturated carbocycles. The zero-order chi connectivity index (χ0) is 10.8. The van der Waals surface area contributed by atoms with Crippen LogP contribution in [0.1, 0.15) is 17.3 Å². The van der Waals surface area contributed by atoms with E-state index >= 15 is 0 Å². The first-order valence-electron chi connectivity index (χ1n) is 4.80. The van der Waals surface area contributed by atoms with Crippen molar-refractivity contribution in [1.29, 1.82) is 0 Å². The van der Waals surface area contributed by atoms with Gasteiger partial charge in [-0.3, -0.25) is 4.79 Å². The van der Waals surface area contributed by atoms with E-state index in [1.165, 1.54) is 0 Å². The molecule has 0 N–H and O–H groups in total. The van der Waals surface area contributed by atoms with Gasteiger partial charge in [0.25, 0.3) is 0 Å². The lowest BCUT2D eigenvalue weighted by atomic mass is 10.0. The molecule has 76 valence electrons. The molecule has 0 aromatic heterocycles. The van der Waals surface area contributed by atoms with Gasteiger partial charge in [-0.1, -0.05) is 24.3 Å². The fourth-order valence-corrected chi connectivity index (χ4v) is 1.66. The molecule has 0 bridgehead atoms. The van der Waals surface area contributed by atoms with E-state index in [0.29, 0.717) is 11.3 Å². The molecule has 2 rings (SSSR count). The lowest BCUT2D eigenvalue weighted by Gasteiger charge is -2.07. The van der Waals surface area contributed by atoms with Crippen molar-refractivity contribution < 1.29 is 9.53 Å². The molecule has 0 spiro atoms. The van der Waals surface area contributed by atoms with Crippen molar-refractivity contribution in [3.05, 3.63) is 42.0 Å². The lowest BCUT2D eigenvalue weighted by molar-refractivity contribution is 0.101. The minimum absolute atomic E-state index is 0.0256. The number of rotatable bonds is 2. The molecule has 15 heavy (non-hydrogen) atoms. The van der Waals surface area contributed by atoms with Crippen molar-refractivity contribution in [2.75, 3.05) is 7.11 Å². The van der Waals surface area contributed by atoms with Crippen LogP contribution < -0.4 is 4.74 Å². The van der Waals surface area contributed by atoms with Crippen molar-refractivity contribution in [1.82, 2.24) is 0 Å². The molecule has 0 aliphatic heterocycles. The number of ether oxygens (including phenoxy) is 1. The van der Waals surface area contributed by atoms with E-state index in [-0.39, 0.29) is 5.78 Å². The summed E-state index contributed by atoms with van der Waals surface area (Å²) in [5.41, 5.74) is 0.635. The molecule has 2 heteroatoms. The molecule has 0 fully saturated rings. The average Bonchev–Trinajstić information content (AvgIpc) is 2.27. The normalized spacial score (nSPS) is 10.3. The highest BCUT2D eigenvalue weighted by Crippen LogP contribution is 2.25. The van der Waals surface area contributed by atoms with E-state index in [4.69, 9.17) is 4.74 Å². The van der Waals surface area contributed by atoms with Gasteiger partial charge in [0.05, 0.1) is 12.7 Å². The number of carbonyl (C=O) groups is 1. The molecule has 0 saturated heterocycles. The predicted octanol–water partition coefficient (Wildman–Crippen LogP) is 3.05. The summed E-state index contributed by atoms with van der Waals surface area (Å²) in [5, 5.41) is 2.14. The molecular weight excluding hydrogens is 188 g/mol. The van der Waals surface area contributed by atoms with Gasteiger partial charge in [0, 0.05) is 0 Å². The Morgan fingerprint density at radius 1 is 1.13 bits per heavy atom. The standard InChI is InChI=1S/C13H12O2/c1-9(14)12-7-10-5-3-4-6-11(10)8-13(12)15-2/h3-8H,1-2H3. The van der Waals surface area contributed by atoms with Crippen molar-refractivity contribution in [3.8, 4) is 5.75 Å². The highest BCUT2D eigenvalue weighted by atomic mass is 16.5. The second kappa shape index (κ2) is 3.73. The number of Topliss-reactive ketones (excluding diaryl/α,β-unsaturated/α-hetero) is 1. The zero-order valence-corrected chi connectivity index (χ0v) is 8.78. The molecule has 0 aliphatic carbocycles. The Morgan fingerprint density at radius 3 is 2.27 bits per heavy atom. The van der Waals surface area contributed by atoms with Crippen LogP contribution in [0.15, 0.2) is 36.4 Å². The van der Waals surface area contributed by atoms with Gasteiger partial charge < -0.3 is 4.74 Å². The van der Waals surface area contributed by atoms with E-state index in [9.17, 15) is 4.79 Å². The lowest BCUT2D eigenvalue weighted by Crippen LogP contribution is -1.97. The Bertz CT molecular complexity index is 515. The van der Waals surface area contributed by atoms with Gasteiger partial charge in [0.1, 0.15) is 5.75 Å². The Kier molecular flexibility index (Phi) is 2.42. The summed E-state index contributed by atoms with van der Waals surface area (Å²) in [4.78, 5) is 11.4. The summed E-state index contributed by atoms with van der Waals surface area (Å²) in [7, 11) is 1.58. The monoisotopic (exact) mass is 200 g/mol. The average molecular weight is 200 g/mol. The van der Waals surface area contributed by atoms with E-state index in [1.54, 1.807) is 14.0 Å². The summed E-state index contributed by atoms with van der Waals surface area (Å²) in [5.74, 6) is 0.666. The van der Waals surface area contributed by atoms with Crippen LogP contribution in [0.2, 0.25) is 0 Å². The molecule has 2 aromatic carbocycles. The third-order valence-electron chi connectivity index (χ3n) is 2.45. The maximum atomic E-state index is 11.4. The van der Waals surface area contributed by atoms with E-state index in [1.807, 2.05) is 36.4 Å². The molecule has 0 unspecified atom stereocenters. The van der Waals surface area contributed by atoms with Crippen molar-refractivity contribution in [3.63, 3.8) is 0 Å². The van der Waals surface area contributed by atoms with Gasteiger partial charge in [0.2, 0.25) is 0 Å². The quantitative estimate of drug-likeness (QED) is 0.696. The fourth-order valence-electron chi connectivity index (χ4n) is 1.66. The summed E-state index contributed by atoms with van der Waals surface area (Å²) >= 11 is 0. The summed E-state index contributed by atoms with van der Waals surface area (Å²) < 4.78 is 5.19. The second-order valence-electron chi connectivity index (χ2n) is 3.46. The van der Waals surface area contributed by atoms with Crippen LogP contribution in [0.25, 0.3) is 10.8 Å². The molecular formula is C13H12O2. The first-order valence-corrected chi connectivity index (χ1v) is 4.80. The predicted molar refractivity (Wildman–Crippen MR) is 60.5 cm³/mol. The first-order chi connectivity index (χ1) is 7.22. The number of methoxy groups -OCH3 is 1. The minimum Gasteiger partial charge on any atom is -0.496 e. The van der Waals surface area contributed by atoms with E-state index in [2.05, 4.69) is 0 Å². The van der Waals surface area contributed by atoms with Crippen LogP contribution in [0, 0.1) is 0 Å². The van der Waals surface area contributed by atoms with Crippen LogP contribution >= 0.6 is 0 Å². The van der Waals surface area contributed by atoms with Gasteiger partial charge in [-0.05, 0) is 29.8 Å². The van der Waals surface area contributed by atoms with Crippen LogP contribution in [0.5, 0.6) is 5.75 Å². The van der Waals surface area contributed by atoms with Gasteiger partial charge in [-0.15, -0.1) is 0 Å². The zero-order valence-electron chi connectivity index (χ0n) is 8.78. The third-order valence-corrected chi connectivity index (χ3v) is 2.45. The molecule has 2 nitrogen and oxygen atoms in total.